The Balaban J connectivity index is 1.82. The van der Waals surface area contributed by atoms with Gasteiger partial charge in [-0.15, -0.1) is 0 Å². The number of anilines is 1. The summed E-state index contributed by atoms with van der Waals surface area (Å²) in [6.45, 7) is 3.27. The van der Waals surface area contributed by atoms with Crippen molar-refractivity contribution >= 4 is 5.82 Å². The lowest BCUT2D eigenvalue weighted by atomic mass is 10.2. The fourth-order valence-electron chi connectivity index (χ4n) is 1.99. The summed E-state index contributed by atoms with van der Waals surface area (Å²) in [5, 5.41) is 4.11. The van der Waals surface area contributed by atoms with Crippen molar-refractivity contribution < 1.29 is 9.26 Å². The minimum absolute atomic E-state index is 0.757. The summed E-state index contributed by atoms with van der Waals surface area (Å²) in [5.74, 6) is 1.71. The average Bonchev–Trinajstić information content (AvgIpc) is 2.98. The Bertz CT molecular complexity index is 497. The first-order chi connectivity index (χ1) is 8.33. The van der Waals surface area contributed by atoms with Crippen LogP contribution in [0.1, 0.15) is 0 Å². The predicted octanol–water partition coefficient (Wildman–Crippen LogP) is 1.52. The molecule has 3 rings (SSSR count). The summed E-state index contributed by atoms with van der Waals surface area (Å²) in [7, 11) is 1.99. The Kier molecular flexibility index (Phi) is 2.60. The lowest BCUT2D eigenvalue weighted by Gasteiger charge is -2.25. The molecule has 0 atom stereocenters. The molecule has 0 aromatic carbocycles. The van der Waals surface area contributed by atoms with Gasteiger partial charge in [-0.1, -0.05) is 5.16 Å². The van der Waals surface area contributed by atoms with Crippen molar-refractivity contribution in [3.63, 3.8) is 0 Å². The van der Waals surface area contributed by atoms with E-state index in [1.165, 1.54) is 0 Å². The van der Waals surface area contributed by atoms with E-state index in [0.717, 1.165) is 43.4 Å². The molecular weight excluding hydrogens is 218 g/mol. The fraction of sp³-hybridized carbons (Fsp3) is 0.417. The molecule has 0 unspecified atom stereocenters. The van der Waals surface area contributed by atoms with E-state index in [-0.39, 0.29) is 0 Å². The third-order valence-electron chi connectivity index (χ3n) is 2.95. The summed E-state index contributed by atoms with van der Waals surface area (Å²) in [6.07, 6.45) is 4.01. The van der Waals surface area contributed by atoms with Crippen molar-refractivity contribution in [2.75, 3.05) is 31.2 Å². The highest BCUT2D eigenvalue weighted by atomic mass is 16.5. The largest absolute Gasteiger partial charge is 0.378 e. The van der Waals surface area contributed by atoms with E-state index < -0.39 is 0 Å². The van der Waals surface area contributed by atoms with Gasteiger partial charge >= 0.3 is 0 Å². The van der Waals surface area contributed by atoms with Crippen molar-refractivity contribution in [1.82, 2.24) is 9.72 Å². The van der Waals surface area contributed by atoms with Gasteiger partial charge in [-0.25, -0.2) is 0 Å². The van der Waals surface area contributed by atoms with Gasteiger partial charge in [0, 0.05) is 44.2 Å². The van der Waals surface area contributed by atoms with E-state index in [0.29, 0.717) is 0 Å². The predicted molar refractivity (Wildman–Crippen MR) is 63.9 cm³/mol. The van der Waals surface area contributed by atoms with Crippen LogP contribution in [-0.2, 0) is 11.8 Å². The van der Waals surface area contributed by atoms with E-state index in [1.54, 1.807) is 0 Å². The van der Waals surface area contributed by atoms with Crippen LogP contribution in [0.25, 0.3) is 11.3 Å². The summed E-state index contributed by atoms with van der Waals surface area (Å²) < 4.78 is 12.7. The zero-order chi connectivity index (χ0) is 11.7. The second kappa shape index (κ2) is 4.25. The Morgan fingerprint density at radius 1 is 1.29 bits per heavy atom. The molecular formula is C12H15N3O2. The van der Waals surface area contributed by atoms with Crippen molar-refractivity contribution in [3.05, 3.63) is 24.5 Å². The first-order valence-corrected chi connectivity index (χ1v) is 5.75. The molecule has 0 saturated carbocycles. The maximum atomic E-state index is 5.37. The highest BCUT2D eigenvalue weighted by molar-refractivity contribution is 5.60. The van der Waals surface area contributed by atoms with Gasteiger partial charge < -0.3 is 18.7 Å². The number of nitrogens with zero attached hydrogens (tertiary/aromatic N) is 3. The van der Waals surface area contributed by atoms with Crippen LogP contribution >= 0.6 is 0 Å². The van der Waals surface area contributed by atoms with Gasteiger partial charge in [-0.05, 0) is 6.07 Å². The standard InChI is InChI=1S/C12H15N3O2/c1-14-3-2-10(9-14)11-8-12(13-17-11)15-4-6-16-7-5-15/h2-3,8-9H,4-7H2,1H3. The van der Waals surface area contributed by atoms with Crippen molar-refractivity contribution in [1.29, 1.82) is 0 Å². The normalized spacial score (nSPS) is 16.4. The molecule has 0 N–H and O–H groups in total. The number of ether oxygens (including phenoxy) is 1. The number of hydrogen-bond acceptors (Lipinski definition) is 4. The van der Waals surface area contributed by atoms with Crippen LogP contribution in [0.5, 0.6) is 0 Å². The molecule has 2 aromatic heterocycles. The first-order valence-electron chi connectivity index (χ1n) is 5.75. The highest BCUT2D eigenvalue weighted by Gasteiger charge is 2.16. The van der Waals surface area contributed by atoms with Gasteiger partial charge in [-0.2, -0.15) is 0 Å². The number of aromatic nitrogens is 2. The van der Waals surface area contributed by atoms with E-state index in [9.17, 15) is 0 Å². The molecule has 5 heteroatoms. The smallest absolute Gasteiger partial charge is 0.172 e. The molecule has 0 bridgehead atoms. The maximum Gasteiger partial charge on any atom is 0.172 e. The zero-order valence-electron chi connectivity index (χ0n) is 9.80. The van der Waals surface area contributed by atoms with Crippen LogP contribution in [0, 0.1) is 0 Å². The van der Waals surface area contributed by atoms with Crippen LogP contribution in [0.2, 0.25) is 0 Å². The summed E-state index contributed by atoms with van der Waals surface area (Å²) in [5.41, 5.74) is 1.06. The van der Waals surface area contributed by atoms with Crippen molar-refractivity contribution in [2.24, 2.45) is 7.05 Å². The topological polar surface area (TPSA) is 43.4 Å². The van der Waals surface area contributed by atoms with E-state index in [1.807, 2.05) is 36.1 Å². The monoisotopic (exact) mass is 233 g/mol. The first kappa shape index (κ1) is 10.4. The summed E-state index contributed by atoms with van der Waals surface area (Å²) >= 11 is 0. The molecule has 0 radical (unpaired) electrons. The second-order valence-electron chi connectivity index (χ2n) is 4.21. The Labute approximate surface area is 99.6 Å². The van der Waals surface area contributed by atoms with Gasteiger partial charge in [0.15, 0.2) is 11.6 Å². The third kappa shape index (κ3) is 2.06. The number of aryl methyl sites for hydroxylation is 1. The molecule has 1 aliphatic heterocycles. The Morgan fingerprint density at radius 3 is 2.82 bits per heavy atom. The molecule has 0 spiro atoms. The molecule has 1 aliphatic rings. The van der Waals surface area contributed by atoms with Gasteiger partial charge in [0.1, 0.15) is 0 Å². The minimum Gasteiger partial charge on any atom is -0.378 e. The van der Waals surface area contributed by atoms with Crippen LogP contribution in [0.3, 0.4) is 0 Å². The molecule has 17 heavy (non-hydrogen) atoms. The highest BCUT2D eigenvalue weighted by Crippen LogP contribution is 2.24. The van der Waals surface area contributed by atoms with Gasteiger partial charge in [0.25, 0.3) is 0 Å². The van der Waals surface area contributed by atoms with E-state index in [4.69, 9.17) is 9.26 Å². The van der Waals surface area contributed by atoms with Crippen LogP contribution in [0.15, 0.2) is 29.0 Å². The number of hydrogen-bond donors (Lipinski definition) is 0. The van der Waals surface area contributed by atoms with Gasteiger partial charge in [0.2, 0.25) is 0 Å². The SMILES string of the molecule is Cn1ccc(-c2cc(N3CCOCC3)no2)c1. The second-order valence-corrected chi connectivity index (χ2v) is 4.21. The lowest BCUT2D eigenvalue weighted by molar-refractivity contribution is 0.122. The summed E-state index contributed by atoms with van der Waals surface area (Å²) in [4.78, 5) is 2.18. The molecule has 5 nitrogen and oxygen atoms in total. The third-order valence-corrected chi connectivity index (χ3v) is 2.95. The molecule has 90 valence electrons. The average molecular weight is 233 g/mol. The van der Waals surface area contributed by atoms with E-state index >= 15 is 0 Å². The zero-order valence-corrected chi connectivity index (χ0v) is 9.80. The molecule has 0 amide bonds. The van der Waals surface area contributed by atoms with Gasteiger partial charge in [0.05, 0.1) is 13.2 Å². The lowest BCUT2D eigenvalue weighted by Crippen LogP contribution is -2.36. The fourth-order valence-corrected chi connectivity index (χ4v) is 1.99. The van der Waals surface area contributed by atoms with Gasteiger partial charge in [-0.3, -0.25) is 0 Å². The van der Waals surface area contributed by atoms with Crippen LogP contribution in [-0.4, -0.2) is 36.0 Å². The van der Waals surface area contributed by atoms with Crippen LogP contribution in [0.4, 0.5) is 5.82 Å². The molecule has 0 aliphatic carbocycles. The number of rotatable bonds is 2. The molecule has 2 aromatic rings. The maximum absolute atomic E-state index is 5.37. The molecule has 3 heterocycles. The number of morpholine rings is 1. The Hall–Kier alpha value is -1.75. The quantitative estimate of drug-likeness (QED) is 0.788. The van der Waals surface area contributed by atoms with Crippen molar-refractivity contribution in [3.8, 4) is 11.3 Å². The van der Waals surface area contributed by atoms with Crippen LogP contribution < -0.4 is 4.90 Å². The molecule has 1 saturated heterocycles. The van der Waals surface area contributed by atoms with Crippen molar-refractivity contribution in [2.45, 2.75) is 0 Å². The molecule has 1 fully saturated rings. The summed E-state index contributed by atoms with van der Waals surface area (Å²) in [6, 6.07) is 4.00. The minimum atomic E-state index is 0.757. The Morgan fingerprint density at radius 2 is 2.12 bits per heavy atom. The van der Waals surface area contributed by atoms with E-state index in [2.05, 4.69) is 10.1 Å².